The number of aryl methyl sites for hydroxylation is 1. The van der Waals surface area contributed by atoms with Gasteiger partial charge >= 0.3 is 0 Å². The molecule has 1 aromatic carbocycles. The fraction of sp³-hybridized carbons (Fsp3) is 0.500. The van der Waals surface area contributed by atoms with Crippen LogP contribution in [0.25, 0.3) is 6.08 Å². The van der Waals surface area contributed by atoms with Crippen LogP contribution >= 0.6 is 0 Å². The van der Waals surface area contributed by atoms with Crippen molar-refractivity contribution < 1.29 is 0 Å². The van der Waals surface area contributed by atoms with Crippen LogP contribution in [0.5, 0.6) is 0 Å². The SMILES string of the molecule is CC=C(C)C(Cc1ccc2c(c1)C2)C(CC)CC(C)c1nc2c([nH]1)CCC=C2. The molecule has 3 unspecified atom stereocenters. The van der Waals surface area contributed by atoms with Crippen molar-refractivity contribution in [1.82, 2.24) is 9.97 Å². The fourth-order valence-electron chi connectivity index (χ4n) is 4.85. The van der Waals surface area contributed by atoms with Crippen molar-refractivity contribution in [2.75, 3.05) is 0 Å². The van der Waals surface area contributed by atoms with Gasteiger partial charge in [-0.3, -0.25) is 0 Å². The lowest BCUT2D eigenvalue weighted by atomic mass is 9.76. The maximum Gasteiger partial charge on any atom is 0.109 e. The van der Waals surface area contributed by atoms with E-state index in [4.69, 9.17) is 4.98 Å². The third kappa shape index (κ3) is 4.01. The molecule has 1 N–H and O–H groups in total. The Hall–Kier alpha value is -2.09. The van der Waals surface area contributed by atoms with Crippen molar-refractivity contribution in [1.29, 1.82) is 0 Å². The third-order valence-electron chi connectivity index (χ3n) is 6.90. The number of aromatic amines is 1. The van der Waals surface area contributed by atoms with E-state index >= 15 is 0 Å². The van der Waals surface area contributed by atoms with Gasteiger partial charge in [-0.2, -0.15) is 0 Å². The molecular formula is C26H34N2. The molecule has 0 radical (unpaired) electrons. The molecule has 0 bridgehead atoms. The van der Waals surface area contributed by atoms with Gasteiger partial charge in [-0.1, -0.05) is 56.2 Å². The average molecular weight is 375 g/mol. The normalized spacial score (nSPS) is 18.4. The van der Waals surface area contributed by atoms with E-state index in [-0.39, 0.29) is 0 Å². The minimum atomic E-state index is 0.463. The minimum absolute atomic E-state index is 0.463. The fourth-order valence-corrected chi connectivity index (χ4v) is 4.85. The van der Waals surface area contributed by atoms with Crippen LogP contribution in [0.3, 0.4) is 0 Å². The molecule has 4 rings (SSSR count). The van der Waals surface area contributed by atoms with E-state index < -0.39 is 0 Å². The summed E-state index contributed by atoms with van der Waals surface area (Å²) in [5.41, 5.74) is 8.63. The number of rotatable bonds is 8. The first kappa shape index (κ1) is 19.2. The van der Waals surface area contributed by atoms with E-state index in [0.717, 1.165) is 25.0 Å². The van der Waals surface area contributed by atoms with Gasteiger partial charge in [0.2, 0.25) is 0 Å². The summed E-state index contributed by atoms with van der Waals surface area (Å²) in [5, 5.41) is 0. The Balaban J connectivity index is 1.50. The zero-order valence-electron chi connectivity index (χ0n) is 17.9. The van der Waals surface area contributed by atoms with E-state index in [1.54, 1.807) is 11.1 Å². The van der Waals surface area contributed by atoms with Crippen molar-refractivity contribution in [3.63, 3.8) is 0 Å². The van der Waals surface area contributed by atoms with E-state index in [2.05, 4.69) is 69.1 Å². The molecule has 3 atom stereocenters. The first-order valence-electron chi connectivity index (χ1n) is 11.1. The van der Waals surface area contributed by atoms with Crippen LogP contribution in [0, 0.1) is 11.8 Å². The van der Waals surface area contributed by atoms with Crippen molar-refractivity contribution in [2.24, 2.45) is 11.8 Å². The Morgan fingerprint density at radius 1 is 1.29 bits per heavy atom. The van der Waals surface area contributed by atoms with Crippen LogP contribution in [-0.4, -0.2) is 9.97 Å². The first-order valence-corrected chi connectivity index (χ1v) is 11.1. The highest BCUT2D eigenvalue weighted by molar-refractivity contribution is 5.50. The lowest BCUT2D eigenvalue weighted by Crippen LogP contribution is -2.20. The molecule has 2 heteroatoms. The predicted molar refractivity (Wildman–Crippen MR) is 119 cm³/mol. The van der Waals surface area contributed by atoms with E-state index in [9.17, 15) is 0 Å². The predicted octanol–water partition coefficient (Wildman–Crippen LogP) is 6.62. The summed E-state index contributed by atoms with van der Waals surface area (Å²) >= 11 is 0. The summed E-state index contributed by atoms with van der Waals surface area (Å²) in [4.78, 5) is 8.54. The first-order chi connectivity index (χ1) is 13.6. The number of allylic oxidation sites excluding steroid dienone is 3. The van der Waals surface area contributed by atoms with Gasteiger partial charge in [0.15, 0.2) is 0 Å². The molecule has 0 aliphatic heterocycles. The molecule has 2 aliphatic carbocycles. The second-order valence-corrected chi connectivity index (χ2v) is 8.86. The zero-order chi connectivity index (χ0) is 19.7. The van der Waals surface area contributed by atoms with Crippen LogP contribution in [-0.2, 0) is 19.3 Å². The second kappa shape index (κ2) is 8.11. The number of nitrogens with one attached hydrogen (secondary N) is 1. The lowest BCUT2D eigenvalue weighted by molar-refractivity contribution is 0.319. The maximum absolute atomic E-state index is 4.91. The summed E-state index contributed by atoms with van der Waals surface area (Å²) in [6.45, 7) is 9.22. The molecule has 0 saturated heterocycles. The molecule has 148 valence electrons. The summed E-state index contributed by atoms with van der Waals surface area (Å²) in [7, 11) is 0. The summed E-state index contributed by atoms with van der Waals surface area (Å²) in [6, 6.07) is 7.12. The number of imidazole rings is 1. The number of aromatic nitrogens is 2. The maximum atomic E-state index is 4.91. The van der Waals surface area contributed by atoms with Crippen molar-refractivity contribution in [2.45, 2.75) is 72.1 Å². The monoisotopic (exact) mass is 374 g/mol. The van der Waals surface area contributed by atoms with Crippen LogP contribution in [0.4, 0.5) is 0 Å². The van der Waals surface area contributed by atoms with Gasteiger partial charge in [0.25, 0.3) is 0 Å². The third-order valence-corrected chi connectivity index (χ3v) is 6.90. The standard InChI is InChI=1S/C26H34N2/c1-5-17(3)23(15-19-11-12-21-16-22(21)14-19)20(6-2)13-18(4)26-27-24-9-7-8-10-25(24)28-26/h5,7,9,11-12,14,18,20,23H,6,8,10,13,15-16H2,1-4H3,(H,27,28). The highest BCUT2D eigenvalue weighted by Gasteiger charge is 2.27. The van der Waals surface area contributed by atoms with Gasteiger partial charge in [0, 0.05) is 11.6 Å². The van der Waals surface area contributed by atoms with Gasteiger partial charge in [-0.05, 0) is 80.6 Å². The van der Waals surface area contributed by atoms with E-state index in [1.165, 1.54) is 41.9 Å². The smallest absolute Gasteiger partial charge is 0.109 e. The molecule has 0 fully saturated rings. The van der Waals surface area contributed by atoms with Crippen LogP contribution in [0.2, 0.25) is 0 Å². The number of benzene rings is 1. The Bertz CT molecular complexity index is 899. The molecule has 1 aromatic heterocycles. The zero-order valence-corrected chi connectivity index (χ0v) is 17.9. The van der Waals surface area contributed by atoms with Gasteiger partial charge < -0.3 is 4.98 Å². The molecule has 1 heterocycles. The summed E-state index contributed by atoms with van der Waals surface area (Å²) in [5.74, 6) is 2.92. The summed E-state index contributed by atoms with van der Waals surface area (Å²) in [6.07, 6.45) is 13.7. The minimum Gasteiger partial charge on any atom is -0.345 e. The lowest BCUT2D eigenvalue weighted by Gasteiger charge is -2.29. The molecule has 28 heavy (non-hydrogen) atoms. The number of nitrogens with zero attached hydrogens (tertiary/aromatic N) is 1. The number of H-pyrrole nitrogens is 1. The Labute approximate surface area is 170 Å². The summed E-state index contributed by atoms with van der Waals surface area (Å²) < 4.78 is 0. The Kier molecular flexibility index (Phi) is 5.57. The van der Waals surface area contributed by atoms with E-state index in [0.29, 0.717) is 17.8 Å². The molecule has 2 aliphatic rings. The molecular weight excluding hydrogens is 340 g/mol. The van der Waals surface area contributed by atoms with Crippen LogP contribution in [0.15, 0.2) is 35.9 Å². The van der Waals surface area contributed by atoms with Crippen LogP contribution < -0.4 is 0 Å². The second-order valence-electron chi connectivity index (χ2n) is 8.86. The Morgan fingerprint density at radius 2 is 2.14 bits per heavy atom. The number of fused-ring (bicyclic) bond motifs is 2. The van der Waals surface area contributed by atoms with E-state index in [1.807, 2.05) is 0 Å². The van der Waals surface area contributed by atoms with Gasteiger partial charge in [-0.25, -0.2) is 4.98 Å². The molecule has 2 nitrogen and oxygen atoms in total. The largest absolute Gasteiger partial charge is 0.345 e. The number of hydrogen-bond acceptors (Lipinski definition) is 1. The van der Waals surface area contributed by atoms with Crippen molar-refractivity contribution >= 4 is 6.08 Å². The highest BCUT2D eigenvalue weighted by atomic mass is 14.9. The van der Waals surface area contributed by atoms with Gasteiger partial charge in [0.1, 0.15) is 5.82 Å². The quantitative estimate of drug-likeness (QED) is 0.441. The van der Waals surface area contributed by atoms with Crippen LogP contribution in [0.1, 0.15) is 86.8 Å². The highest BCUT2D eigenvalue weighted by Crippen LogP contribution is 2.36. The molecule has 2 aromatic rings. The average Bonchev–Trinajstić information content (AvgIpc) is 3.36. The van der Waals surface area contributed by atoms with Crippen molar-refractivity contribution in [3.05, 3.63) is 69.8 Å². The molecule has 0 amide bonds. The van der Waals surface area contributed by atoms with Crippen molar-refractivity contribution in [3.8, 4) is 0 Å². The topological polar surface area (TPSA) is 28.7 Å². The number of hydrogen-bond donors (Lipinski definition) is 1. The molecule has 0 spiro atoms. The molecule has 0 saturated carbocycles. The van der Waals surface area contributed by atoms with Gasteiger partial charge in [-0.15, -0.1) is 0 Å². The van der Waals surface area contributed by atoms with Gasteiger partial charge in [0.05, 0.1) is 5.69 Å². The Morgan fingerprint density at radius 3 is 2.86 bits per heavy atom.